The van der Waals surface area contributed by atoms with Gasteiger partial charge in [-0.2, -0.15) is 0 Å². The van der Waals surface area contributed by atoms with Crippen LogP contribution in [0.5, 0.6) is 0 Å². The van der Waals surface area contributed by atoms with Crippen molar-refractivity contribution in [2.45, 2.75) is 51.5 Å². The van der Waals surface area contributed by atoms with Gasteiger partial charge >= 0.3 is 0 Å². The van der Waals surface area contributed by atoms with Gasteiger partial charge in [0, 0.05) is 23.3 Å². The highest BCUT2D eigenvalue weighted by Crippen LogP contribution is 2.63. The van der Waals surface area contributed by atoms with E-state index in [1.807, 2.05) is 0 Å². The number of hydrogen-bond donors (Lipinski definition) is 0. The van der Waals surface area contributed by atoms with E-state index >= 15 is 0 Å². The molecule has 3 fully saturated rings. The van der Waals surface area contributed by atoms with Crippen molar-refractivity contribution >= 4 is 10.8 Å². The molecule has 31 heavy (non-hydrogen) atoms. The van der Waals surface area contributed by atoms with Gasteiger partial charge in [-0.25, -0.2) is 0 Å². The lowest BCUT2D eigenvalue weighted by molar-refractivity contribution is -0.966. The Morgan fingerprint density at radius 3 is 2.48 bits per heavy atom. The largest absolute Gasteiger partial charge is 0.367 e. The molecule has 0 N–H and O–H groups in total. The Morgan fingerprint density at radius 2 is 1.61 bits per heavy atom. The summed E-state index contributed by atoms with van der Waals surface area (Å²) in [7, 11) is 0. The molecule has 2 heterocycles. The van der Waals surface area contributed by atoms with E-state index in [9.17, 15) is 0 Å². The first-order valence-corrected chi connectivity index (χ1v) is 12.1. The summed E-state index contributed by atoms with van der Waals surface area (Å²) in [5.41, 5.74) is 3.15. The van der Waals surface area contributed by atoms with Crippen LogP contribution in [0.25, 0.3) is 10.8 Å². The molecule has 160 valence electrons. The lowest BCUT2D eigenvalue weighted by Gasteiger charge is -2.44. The summed E-state index contributed by atoms with van der Waals surface area (Å²) in [6.07, 6.45) is 3.08. The van der Waals surface area contributed by atoms with Crippen LogP contribution in [0.3, 0.4) is 0 Å². The zero-order chi connectivity index (χ0) is 21.1. The fourth-order valence-corrected chi connectivity index (χ4v) is 7.97. The van der Waals surface area contributed by atoms with Crippen molar-refractivity contribution in [3.05, 3.63) is 83.9 Å². The van der Waals surface area contributed by atoms with Gasteiger partial charge in [0.05, 0.1) is 13.2 Å². The summed E-state index contributed by atoms with van der Waals surface area (Å²) in [4.78, 5) is 0. The lowest BCUT2D eigenvalue weighted by atomic mass is 9.80. The summed E-state index contributed by atoms with van der Waals surface area (Å²) in [6, 6.07) is 26.5. The minimum Gasteiger partial charge on any atom is -0.367 e. The van der Waals surface area contributed by atoms with Crippen LogP contribution in [0.15, 0.2) is 72.8 Å². The van der Waals surface area contributed by atoms with Gasteiger partial charge in [0.2, 0.25) is 0 Å². The maximum absolute atomic E-state index is 6.69. The van der Waals surface area contributed by atoms with Crippen molar-refractivity contribution in [2.75, 3.05) is 13.1 Å². The highest BCUT2D eigenvalue weighted by Gasteiger charge is 2.73. The molecule has 3 aromatic rings. The molecule has 0 spiro atoms. The first-order valence-electron chi connectivity index (χ1n) is 12.1. The van der Waals surface area contributed by atoms with E-state index in [0.29, 0.717) is 17.6 Å². The predicted molar refractivity (Wildman–Crippen MR) is 126 cm³/mol. The molecule has 2 heteroatoms. The highest BCUT2D eigenvalue weighted by atomic mass is 16.5. The molecule has 6 rings (SSSR count). The first kappa shape index (κ1) is 19.5. The zero-order valence-electron chi connectivity index (χ0n) is 18.8. The molecular formula is C29H34NO+. The molecule has 0 bridgehead atoms. The third-order valence-corrected chi connectivity index (χ3v) is 9.27. The summed E-state index contributed by atoms with van der Waals surface area (Å²) in [5.74, 6) is 2.32. The maximum Gasteiger partial charge on any atom is 0.116 e. The van der Waals surface area contributed by atoms with Gasteiger partial charge in [0.1, 0.15) is 24.7 Å². The first-order chi connectivity index (χ1) is 15.1. The van der Waals surface area contributed by atoms with Gasteiger partial charge in [-0.3, -0.25) is 0 Å². The number of hydrogen-bond acceptors (Lipinski definition) is 1. The number of fused-ring (bicyclic) bond motifs is 1. The fraction of sp³-hybridized carbons (Fsp3) is 0.448. The Bertz CT molecular complexity index is 1090. The highest BCUT2D eigenvalue weighted by molar-refractivity contribution is 5.85. The fourth-order valence-electron chi connectivity index (χ4n) is 7.97. The minimum absolute atomic E-state index is 0.345. The van der Waals surface area contributed by atoms with E-state index in [1.165, 1.54) is 45.8 Å². The lowest BCUT2D eigenvalue weighted by Crippen LogP contribution is -2.57. The van der Waals surface area contributed by atoms with Crippen LogP contribution < -0.4 is 0 Å². The van der Waals surface area contributed by atoms with Gasteiger partial charge < -0.3 is 9.22 Å². The van der Waals surface area contributed by atoms with Gasteiger partial charge in [0.25, 0.3) is 0 Å². The Morgan fingerprint density at radius 1 is 0.871 bits per heavy atom. The van der Waals surface area contributed by atoms with E-state index < -0.39 is 0 Å². The maximum atomic E-state index is 6.69. The molecule has 3 aromatic carbocycles. The van der Waals surface area contributed by atoms with E-state index in [0.717, 1.165) is 31.5 Å². The summed E-state index contributed by atoms with van der Waals surface area (Å²) in [6.45, 7) is 9.48. The van der Waals surface area contributed by atoms with E-state index in [-0.39, 0.29) is 0 Å². The molecular weight excluding hydrogens is 378 g/mol. The standard InChI is InChI=1S/C29H34NO/c1-21-17-30(18-24-13-8-12-23-11-6-7-14-25(23)24)19-28(27-16-15-26(21)29(27,30)2)31-20-22-9-4-3-5-10-22/h3-14,21,26-28H,15-20H2,1-2H3/q+1/t21-,26+,27-,28-,29-,30-/m1/s1. The Balaban J connectivity index is 1.35. The van der Waals surface area contributed by atoms with Crippen molar-refractivity contribution in [2.24, 2.45) is 17.8 Å². The second-order valence-electron chi connectivity index (χ2n) is 10.6. The zero-order valence-corrected chi connectivity index (χ0v) is 18.8. The molecule has 3 aliphatic rings. The molecule has 0 unspecified atom stereocenters. The van der Waals surface area contributed by atoms with Gasteiger partial charge in [-0.1, -0.05) is 79.7 Å². The Hall–Kier alpha value is -2.16. The monoisotopic (exact) mass is 412 g/mol. The van der Waals surface area contributed by atoms with Gasteiger partial charge in [0.15, 0.2) is 0 Å². The van der Waals surface area contributed by atoms with Crippen LogP contribution in [0.1, 0.15) is 37.8 Å². The van der Waals surface area contributed by atoms with Crippen molar-refractivity contribution < 1.29 is 9.22 Å². The van der Waals surface area contributed by atoms with Crippen LogP contribution in [-0.4, -0.2) is 29.2 Å². The molecule has 0 radical (unpaired) electrons. The summed E-state index contributed by atoms with van der Waals surface area (Å²) in [5, 5.41) is 2.80. The van der Waals surface area contributed by atoms with Gasteiger partial charge in [-0.15, -0.1) is 0 Å². The molecule has 1 aliphatic carbocycles. The summed E-state index contributed by atoms with van der Waals surface area (Å²) < 4.78 is 7.91. The average molecular weight is 413 g/mol. The van der Waals surface area contributed by atoms with Crippen LogP contribution >= 0.6 is 0 Å². The number of nitrogens with zero attached hydrogens (tertiary/aromatic N) is 1. The third-order valence-electron chi connectivity index (χ3n) is 9.27. The van der Waals surface area contributed by atoms with E-state index in [2.05, 4.69) is 86.6 Å². The number of benzene rings is 3. The number of rotatable bonds is 5. The average Bonchev–Trinajstić information content (AvgIpc) is 3.34. The minimum atomic E-state index is 0.345. The van der Waals surface area contributed by atoms with Crippen molar-refractivity contribution in [1.82, 2.24) is 0 Å². The van der Waals surface area contributed by atoms with E-state index in [1.54, 1.807) is 0 Å². The second-order valence-corrected chi connectivity index (χ2v) is 10.6. The Kier molecular flexibility index (Phi) is 4.52. The molecule has 0 aromatic heterocycles. The van der Waals surface area contributed by atoms with Crippen molar-refractivity contribution in [3.8, 4) is 0 Å². The number of quaternary nitrogens is 1. The molecule has 1 saturated carbocycles. The SMILES string of the molecule is C[C@@H]1C[N@@+]2(Cc3cccc4ccccc34)C[C@@H](OCc3ccccc3)[C@H]3CC[C@@H]1[C@]32C. The van der Waals surface area contributed by atoms with Crippen LogP contribution in [0, 0.1) is 17.8 Å². The number of ether oxygens (including phenoxy) is 1. The van der Waals surface area contributed by atoms with Crippen LogP contribution in [0.2, 0.25) is 0 Å². The molecule has 0 amide bonds. The smallest absolute Gasteiger partial charge is 0.116 e. The normalized spacial score (nSPS) is 36.2. The molecule has 2 nitrogen and oxygen atoms in total. The molecule has 6 atom stereocenters. The third kappa shape index (κ3) is 2.84. The van der Waals surface area contributed by atoms with Crippen LogP contribution in [0.4, 0.5) is 0 Å². The Labute approximate surface area is 186 Å². The van der Waals surface area contributed by atoms with Gasteiger partial charge in [-0.05, 0) is 36.1 Å². The molecule has 2 aliphatic heterocycles. The summed E-state index contributed by atoms with van der Waals surface area (Å²) >= 11 is 0. The van der Waals surface area contributed by atoms with Crippen molar-refractivity contribution in [1.29, 1.82) is 0 Å². The predicted octanol–water partition coefficient (Wildman–Crippen LogP) is 6.19. The van der Waals surface area contributed by atoms with E-state index in [4.69, 9.17) is 4.74 Å². The van der Waals surface area contributed by atoms with Crippen molar-refractivity contribution in [3.63, 3.8) is 0 Å². The topological polar surface area (TPSA) is 9.23 Å². The molecule has 2 saturated heterocycles. The van der Waals surface area contributed by atoms with Crippen LogP contribution in [-0.2, 0) is 17.9 Å². The quantitative estimate of drug-likeness (QED) is 0.454. The second kappa shape index (κ2) is 7.18.